The summed E-state index contributed by atoms with van der Waals surface area (Å²) in [4.78, 5) is 10.5. The topological polar surface area (TPSA) is 29.0 Å². The fourth-order valence-corrected chi connectivity index (χ4v) is 2.23. The van der Waals surface area contributed by atoms with Crippen molar-refractivity contribution in [3.63, 3.8) is 0 Å². The SMILES string of the molecule is CCc1nc(Cl)c(C)c(N(CC)c2ccccc2F)n1. The average molecular weight is 294 g/mol. The number of hydrogen-bond donors (Lipinski definition) is 0. The van der Waals surface area contributed by atoms with Crippen LogP contribution in [0.1, 0.15) is 25.2 Å². The molecule has 2 rings (SSSR count). The average Bonchev–Trinajstić information content (AvgIpc) is 2.45. The Morgan fingerprint density at radius 2 is 1.90 bits per heavy atom. The highest BCUT2D eigenvalue weighted by atomic mass is 35.5. The molecule has 0 fully saturated rings. The first-order valence-corrected chi connectivity index (χ1v) is 7.01. The van der Waals surface area contributed by atoms with Gasteiger partial charge in [-0.3, -0.25) is 0 Å². The molecule has 0 bridgehead atoms. The van der Waals surface area contributed by atoms with Crippen molar-refractivity contribution in [2.75, 3.05) is 11.4 Å². The molecule has 1 aromatic heterocycles. The summed E-state index contributed by atoms with van der Waals surface area (Å²) >= 11 is 6.15. The summed E-state index contributed by atoms with van der Waals surface area (Å²) < 4.78 is 14.0. The molecule has 1 heterocycles. The van der Waals surface area contributed by atoms with Gasteiger partial charge in [0.1, 0.15) is 22.6 Å². The molecule has 0 N–H and O–H groups in total. The van der Waals surface area contributed by atoms with Gasteiger partial charge in [-0.1, -0.05) is 30.7 Å². The quantitative estimate of drug-likeness (QED) is 0.787. The summed E-state index contributed by atoms with van der Waals surface area (Å²) in [6.45, 7) is 6.36. The van der Waals surface area contributed by atoms with Gasteiger partial charge < -0.3 is 4.90 Å². The van der Waals surface area contributed by atoms with Crippen LogP contribution in [0.15, 0.2) is 24.3 Å². The van der Waals surface area contributed by atoms with Crippen LogP contribution in [0.2, 0.25) is 5.15 Å². The van der Waals surface area contributed by atoms with Crippen LogP contribution in [0, 0.1) is 12.7 Å². The van der Waals surface area contributed by atoms with E-state index in [1.165, 1.54) is 6.07 Å². The molecule has 1 aromatic carbocycles. The number of aromatic nitrogens is 2. The molecule has 0 spiro atoms. The minimum absolute atomic E-state index is 0.276. The van der Waals surface area contributed by atoms with Gasteiger partial charge in [0.2, 0.25) is 0 Å². The molecule has 0 radical (unpaired) electrons. The predicted octanol–water partition coefficient (Wildman–Crippen LogP) is 4.30. The maximum absolute atomic E-state index is 14.0. The number of para-hydroxylation sites is 1. The number of hydrogen-bond acceptors (Lipinski definition) is 3. The van der Waals surface area contributed by atoms with E-state index in [-0.39, 0.29) is 5.82 Å². The lowest BCUT2D eigenvalue weighted by Crippen LogP contribution is -2.21. The van der Waals surface area contributed by atoms with E-state index < -0.39 is 0 Å². The standard InChI is InChI=1S/C15H17ClFN3/c1-4-13-18-14(16)10(3)15(19-13)20(5-2)12-9-7-6-8-11(12)17/h6-9H,4-5H2,1-3H3. The molecule has 0 aliphatic rings. The third-order valence-electron chi connectivity index (χ3n) is 3.14. The number of aryl methyl sites for hydroxylation is 1. The van der Waals surface area contributed by atoms with Gasteiger partial charge in [0.05, 0.1) is 5.69 Å². The zero-order chi connectivity index (χ0) is 14.7. The molecule has 3 nitrogen and oxygen atoms in total. The minimum Gasteiger partial charge on any atom is -0.324 e. The van der Waals surface area contributed by atoms with E-state index >= 15 is 0 Å². The van der Waals surface area contributed by atoms with Gasteiger partial charge in [0.15, 0.2) is 0 Å². The van der Waals surface area contributed by atoms with Gasteiger partial charge in [-0.25, -0.2) is 14.4 Å². The van der Waals surface area contributed by atoms with Crippen molar-refractivity contribution < 1.29 is 4.39 Å². The van der Waals surface area contributed by atoms with Crippen molar-refractivity contribution in [3.05, 3.63) is 46.6 Å². The van der Waals surface area contributed by atoms with E-state index in [1.54, 1.807) is 18.2 Å². The van der Waals surface area contributed by atoms with E-state index in [2.05, 4.69) is 9.97 Å². The van der Waals surface area contributed by atoms with Crippen LogP contribution in [0.3, 0.4) is 0 Å². The van der Waals surface area contributed by atoms with Gasteiger partial charge in [-0.15, -0.1) is 0 Å². The van der Waals surface area contributed by atoms with Crippen molar-refractivity contribution in [2.45, 2.75) is 27.2 Å². The third-order valence-corrected chi connectivity index (χ3v) is 3.51. The molecule has 0 saturated carbocycles. The van der Waals surface area contributed by atoms with Gasteiger partial charge in [-0.2, -0.15) is 0 Å². The molecular weight excluding hydrogens is 277 g/mol. The maximum Gasteiger partial charge on any atom is 0.146 e. The van der Waals surface area contributed by atoms with Crippen LogP contribution in [0.4, 0.5) is 15.9 Å². The lowest BCUT2D eigenvalue weighted by molar-refractivity contribution is 0.625. The Morgan fingerprint density at radius 3 is 2.50 bits per heavy atom. The molecule has 20 heavy (non-hydrogen) atoms. The summed E-state index contributed by atoms with van der Waals surface area (Å²) in [6, 6.07) is 6.65. The summed E-state index contributed by atoms with van der Waals surface area (Å²) in [5.74, 6) is 1.04. The number of anilines is 2. The second-order valence-corrected chi connectivity index (χ2v) is 4.79. The van der Waals surface area contributed by atoms with Crippen LogP contribution in [0.5, 0.6) is 0 Å². The fraction of sp³-hybridized carbons (Fsp3) is 0.333. The van der Waals surface area contributed by atoms with Crippen LogP contribution in [-0.2, 0) is 6.42 Å². The Kier molecular flexibility index (Phi) is 4.55. The smallest absolute Gasteiger partial charge is 0.146 e. The first-order chi connectivity index (χ1) is 9.58. The lowest BCUT2D eigenvalue weighted by atomic mass is 10.2. The summed E-state index contributed by atoms with van der Waals surface area (Å²) in [7, 11) is 0. The van der Waals surface area contributed by atoms with E-state index in [0.29, 0.717) is 35.4 Å². The largest absolute Gasteiger partial charge is 0.324 e. The van der Waals surface area contributed by atoms with Crippen LogP contribution in [0.25, 0.3) is 0 Å². The van der Waals surface area contributed by atoms with Crippen molar-refractivity contribution >= 4 is 23.1 Å². The van der Waals surface area contributed by atoms with Gasteiger partial charge in [-0.05, 0) is 26.0 Å². The monoisotopic (exact) mass is 293 g/mol. The molecule has 0 amide bonds. The third kappa shape index (κ3) is 2.75. The van der Waals surface area contributed by atoms with Crippen LogP contribution >= 0.6 is 11.6 Å². The molecule has 0 saturated heterocycles. The Morgan fingerprint density at radius 1 is 1.20 bits per heavy atom. The van der Waals surface area contributed by atoms with Crippen molar-refractivity contribution in [3.8, 4) is 0 Å². The zero-order valence-electron chi connectivity index (χ0n) is 11.8. The zero-order valence-corrected chi connectivity index (χ0v) is 12.6. The summed E-state index contributed by atoms with van der Waals surface area (Å²) in [5, 5.41) is 0.418. The molecule has 0 unspecified atom stereocenters. The van der Waals surface area contributed by atoms with Gasteiger partial charge in [0.25, 0.3) is 0 Å². The summed E-state index contributed by atoms with van der Waals surface area (Å²) in [6.07, 6.45) is 0.682. The normalized spacial score (nSPS) is 10.7. The van der Waals surface area contributed by atoms with Crippen LogP contribution in [-0.4, -0.2) is 16.5 Å². The molecule has 2 aromatic rings. The minimum atomic E-state index is -0.276. The highest BCUT2D eigenvalue weighted by molar-refractivity contribution is 6.30. The number of benzene rings is 1. The number of halogens is 2. The lowest BCUT2D eigenvalue weighted by Gasteiger charge is -2.24. The second-order valence-electron chi connectivity index (χ2n) is 4.43. The first-order valence-electron chi connectivity index (χ1n) is 6.63. The number of rotatable bonds is 4. The maximum atomic E-state index is 14.0. The fourth-order valence-electron chi connectivity index (χ4n) is 2.05. The predicted molar refractivity (Wildman–Crippen MR) is 80.2 cm³/mol. The van der Waals surface area contributed by atoms with Crippen molar-refractivity contribution in [2.24, 2.45) is 0 Å². The Balaban J connectivity index is 2.58. The second kappa shape index (κ2) is 6.18. The van der Waals surface area contributed by atoms with Gasteiger partial charge >= 0.3 is 0 Å². The molecule has 0 atom stereocenters. The molecule has 0 aliphatic heterocycles. The Bertz CT molecular complexity index is 616. The van der Waals surface area contributed by atoms with E-state index in [0.717, 1.165) is 5.56 Å². The number of nitrogens with zero attached hydrogens (tertiary/aromatic N) is 3. The van der Waals surface area contributed by atoms with Crippen molar-refractivity contribution in [1.82, 2.24) is 9.97 Å². The highest BCUT2D eigenvalue weighted by Crippen LogP contribution is 2.31. The van der Waals surface area contributed by atoms with Crippen LogP contribution < -0.4 is 4.90 Å². The highest BCUT2D eigenvalue weighted by Gasteiger charge is 2.18. The summed E-state index contributed by atoms with van der Waals surface area (Å²) in [5.41, 5.74) is 1.25. The molecule has 5 heteroatoms. The Labute approximate surface area is 123 Å². The van der Waals surface area contributed by atoms with E-state index in [9.17, 15) is 4.39 Å². The van der Waals surface area contributed by atoms with E-state index in [1.807, 2.05) is 25.7 Å². The van der Waals surface area contributed by atoms with Gasteiger partial charge in [0, 0.05) is 18.5 Å². The molecule has 0 aliphatic carbocycles. The molecular formula is C15H17ClFN3. The Hall–Kier alpha value is -1.68. The first kappa shape index (κ1) is 14.7. The van der Waals surface area contributed by atoms with Crippen molar-refractivity contribution in [1.29, 1.82) is 0 Å². The molecule has 106 valence electrons. The van der Waals surface area contributed by atoms with E-state index in [4.69, 9.17) is 11.6 Å².